The Morgan fingerprint density at radius 1 is 1.22 bits per heavy atom. The van der Waals surface area contributed by atoms with Crippen molar-refractivity contribution >= 4 is 34.0 Å². The van der Waals surface area contributed by atoms with Crippen molar-refractivity contribution in [1.82, 2.24) is 14.9 Å². The second-order valence-corrected chi connectivity index (χ2v) is 7.29. The SMILES string of the molecule is CN(C)CCOc1ccc2c(N3CCc4c(O)cc(Cl)cc43)ncnc2c1. The van der Waals surface area contributed by atoms with Crippen LogP contribution in [-0.2, 0) is 6.42 Å². The summed E-state index contributed by atoms with van der Waals surface area (Å²) in [5.74, 6) is 1.83. The summed E-state index contributed by atoms with van der Waals surface area (Å²) in [7, 11) is 4.03. The van der Waals surface area contributed by atoms with Crippen LogP contribution in [-0.4, -0.2) is 53.8 Å². The molecule has 1 aromatic heterocycles. The number of anilines is 2. The molecule has 1 aliphatic heterocycles. The van der Waals surface area contributed by atoms with Crippen LogP contribution in [0.4, 0.5) is 11.5 Å². The number of benzene rings is 2. The Morgan fingerprint density at radius 2 is 2.07 bits per heavy atom. The van der Waals surface area contributed by atoms with E-state index in [1.165, 1.54) is 0 Å². The van der Waals surface area contributed by atoms with E-state index in [9.17, 15) is 5.11 Å². The fourth-order valence-corrected chi connectivity index (χ4v) is 3.55. The minimum atomic E-state index is 0.231. The first-order valence-electron chi connectivity index (χ1n) is 8.84. The van der Waals surface area contributed by atoms with E-state index in [0.29, 0.717) is 11.6 Å². The van der Waals surface area contributed by atoms with Gasteiger partial charge >= 0.3 is 0 Å². The first-order chi connectivity index (χ1) is 13.0. The molecule has 27 heavy (non-hydrogen) atoms. The normalized spacial score (nSPS) is 13.4. The van der Waals surface area contributed by atoms with Gasteiger partial charge in [0.1, 0.15) is 30.3 Å². The lowest BCUT2D eigenvalue weighted by Crippen LogP contribution is -2.19. The Kier molecular flexibility index (Phi) is 4.76. The molecule has 0 radical (unpaired) electrons. The van der Waals surface area contributed by atoms with E-state index in [1.54, 1.807) is 12.4 Å². The van der Waals surface area contributed by atoms with Crippen LogP contribution in [0, 0.1) is 0 Å². The lowest BCUT2D eigenvalue weighted by molar-refractivity contribution is 0.261. The number of phenols is 1. The summed E-state index contributed by atoms with van der Waals surface area (Å²) in [4.78, 5) is 13.1. The number of aromatic hydroxyl groups is 1. The summed E-state index contributed by atoms with van der Waals surface area (Å²) in [5, 5.41) is 11.6. The molecule has 6 nitrogen and oxygen atoms in total. The zero-order chi connectivity index (χ0) is 19.0. The molecule has 7 heteroatoms. The third-order valence-electron chi connectivity index (χ3n) is 4.69. The number of likely N-dealkylation sites (N-methyl/N-ethyl adjacent to an activating group) is 1. The summed E-state index contributed by atoms with van der Waals surface area (Å²) >= 11 is 6.15. The maximum atomic E-state index is 10.2. The molecule has 0 fully saturated rings. The first kappa shape index (κ1) is 17.8. The van der Waals surface area contributed by atoms with Gasteiger partial charge in [0, 0.05) is 35.1 Å². The van der Waals surface area contributed by atoms with Gasteiger partial charge < -0.3 is 19.6 Å². The summed E-state index contributed by atoms with van der Waals surface area (Å²) in [6.07, 6.45) is 2.30. The lowest BCUT2D eigenvalue weighted by atomic mass is 10.1. The highest BCUT2D eigenvalue weighted by atomic mass is 35.5. The van der Waals surface area contributed by atoms with E-state index in [1.807, 2.05) is 38.4 Å². The third kappa shape index (κ3) is 3.50. The smallest absolute Gasteiger partial charge is 0.144 e. The van der Waals surface area contributed by atoms with E-state index < -0.39 is 0 Å². The average Bonchev–Trinajstić information content (AvgIpc) is 3.04. The highest BCUT2D eigenvalue weighted by Crippen LogP contribution is 2.42. The molecule has 2 heterocycles. The van der Waals surface area contributed by atoms with Gasteiger partial charge in [-0.2, -0.15) is 0 Å². The lowest BCUT2D eigenvalue weighted by Gasteiger charge is -2.20. The van der Waals surface area contributed by atoms with Gasteiger partial charge in [0.05, 0.1) is 11.2 Å². The Morgan fingerprint density at radius 3 is 2.89 bits per heavy atom. The number of aromatic nitrogens is 2. The van der Waals surface area contributed by atoms with E-state index in [-0.39, 0.29) is 5.75 Å². The van der Waals surface area contributed by atoms with Crippen molar-refractivity contribution in [2.24, 2.45) is 0 Å². The summed E-state index contributed by atoms with van der Waals surface area (Å²) < 4.78 is 5.81. The molecule has 1 N–H and O–H groups in total. The minimum Gasteiger partial charge on any atom is -0.508 e. The van der Waals surface area contributed by atoms with Crippen LogP contribution in [0.15, 0.2) is 36.7 Å². The number of rotatable bonds is 5. The maximum absolute atomic E-state index is 10.2. The Hall–Kier alpha value is -2.57. The van der Waals surface area contributed by atoms with E-state index in [4.69, 9.17) is 16.3 Å². The quantitative estimate of drug-likeness (QED) is 0.724. The fraction of sp³-hybridized carbons (Fsp3) is 0.300. The van der Waals surface area contributed by atoms with Crippen molar-refractivity contribution < 1.29 is 9.84 Å². The fourth-order valence-electron chi connectivity index (χ4n) is 3.34. The molecular formula is C20H21ClN4O2. The molecule has 0 saturated heterocycles. The van der Waals surface area contributed by atoms with E-state index in [2.05, 4.69) is 19.8 Å². The van der Waals surface area contributed by atoms with Crippen molar-refractivity contribution in [3.63, 3.8) is 0 Å². The second-order valence-electron chi connectivity index (χ2n) is 6.85. The molecule has 0 spiro atoms. The largest absolute Gasteiger partial charge is 0.508 e. The zero-order valence-electron chi connectivity index (χ0n) is 15.3. The van der Waals surface area contributed by atoms with Crippen LogP contribution in [0.25, 0.3) is 10.9 Å². The molecule has 0 unspecified atom stereocenters. The van der Waals surface area contributed by atoms with Crippen LogP contribution in [0.3, 0.4) is 0 Å². The van der Waals surface area contributed by atoms with E-state index in [0.717, 1.165) is 53.2 Å². The summed E-state index contributed by atoms with van der Waals surface area (Å²) in [6.45, 7) is 2.20. The Labute approximate surface area is 163 Å². The van der Waals surface area contributed by atoms with Crippen LogP contribution < -0.4 is 9.64 Å². The van der Waals surface area contributed by atoms with Crippen molar-refractivity contribution in [1.29, 1.82) is 0 Å². The van der Waals surface area contributed by atoms with Crippen LogP contribution in [0.5, 0.6) is 11.5 Å². The van der Waals surface area contributed by atoms with Crippen molar-refractivity contribution in [3.8, 4) is 11.5 Å². The third-order valence-corrected chi connectivity index (χ3v) is 4.91. The Bertz CT molecular complexity index is 993. The predicted molar refractivity (Wildman–Crippen MR) is 107 cm³/mol. The second kappa shape index (κ2) is 7.21. The van der Waals surface area contributed by atoms with Crippen LogP contribution in [0.2, 0.25) is 5.02 Å². The topological polar surface area (TPSA) is 61.7 Å². The van der Waals surface area contributed by atoms with Gasteiger partial charge in [-0.15, -0.1) is 0 Å². The number of hydrogen-bond donors (Lipinski definition) is 1. The molecule has 0 amide bonds. The number of nitrogens with zero attached hydrogens (tertiary/aromatic N) is 4. The standard InChI is InChI=1S/C20H21ClN4O2/c1-24(2)7-8-27-14-3-4-15-17(11-14)22-12-23-20(15)25-6-5-16-18(25)9-13(21)10-19(16)26/h3-4,9-12,26H,5-8H2,1-2H3. The highest BCUT2D eigenvalue weighted by Gasteiger charge is 2.26. The Balaban J connectivity index is 1.68. The van der Waals surface area contributed by atoms with Crippen LogP contribution >= 0.6 is 11.6 Å². The molecule has 0 atom stereocenters. The van der Waals surface area contributed by atoms with Gasteiger partial charge in [0.25, 0.3) is 0 Å². The summed E-state index contributed by atoms with van der Waals surface area (Å²) in [6, 6.07) is 9.31. The molecule has 0 saturated carbocycles. The van der Waals surface area contributed by atoms with Gasteiger partial charge in [0.15, 0.2) is 0 Å². The van der Waals surface area contributed by atoms with Crippen LogP contribution in [0.1, 0.15) is 5.56 Å². The first-order valence-corrected chi connectivity index (χ1v) is 9.22. The number of fused-ring (bicyclic) bond motifs is 2. The van der Waals surface area contributed by atoms with Gasteiger partial charge in [-0.3, -0.25) is 0 Å². The summed E-state index contributed by atoms with van der Waals surface area (Å²) in [5.41, 5.74) is 2.61. The minimum absolute atomic E-state index is 0.231. The molecule has 140 valence electrons. The zero-order valence-corrected chi connectivity index (χ0v) is 16.1. The number of hydrogen-bond acceptors (Lipinski definition) is 6. The molecular weight excluding hydrogens is 364 g/mol. The monoisotopic (exact) mass is 384 g/mol. The van der Waals surface area contributed by atoms with Crippen molar-refractivity contribution in [2.45, 2.75) is 6.42 Å². The van der Waals surface area contributed by atoms with E-state index >= 15 is 0 Å². The average molecular weight is 385 g/mol. The van der Waals surface area contributed by atoms with Gasteiger partial charge in [-0.05, 0) is 44.8 Å². The predicted octanol–water partition coefficient (Wildman–Crippen LogP) is 3.62. The molecule has 3 aromatic rings. The number of ether oxygens (including phenoxy) is 1. The molecule has 4 rings (SSSR count). The number of halogens is 1. The maximum Gasteiger partial charge on any atom is 0.144 e. The van der Waals surface area contributed by atoms with Crippen molar-refractivity contribution in [3.05, 3.63) is 47.2 Å². The number of phenolic OH excluding ortho intramolecular Hbond substituents is 1. The molecule has 1 aliphatic rings. The van der Waals surface area contributed by atoms with Gasteiger partial charge in [-0.1, -0.05) is 11.6 Å². The molecule has 0 aliphatic carbocycles. The van der Waals surface area contributed by atoms with Crippen molar-refractivity contribution in [2.75, 3.05) is 38.7 Å². The van der Waals surface area contributed by atoms with Gasteiger partial charge in [0.2, 0.25) is 0 Å². The highest BCUT2D eigenvalue weighted by molar-refractivity contribution is 6.31. The molecule has 2 aromatic carbocycles. The molecule has 0 bridgehead atoms. The van der Waals surface area contributed by atoms with Gasteiger partial charge in [-0.25, -0.2) is 9.97 Å².